The first-order chi connectivity index (χ1) is 23.5. The van der Waals surface area contributed by atoms with Gasteiger partial charge in [0, 0.05) is 24.4 Å². The first-order valence-electron chi connectivity index (χ1n) is 17.4. The summed E-state index contributed by atoms with van der Waals surface area (Å²) >= 11 is 0. The van der Waals surface area contributed by atoms with Crippen molar-refractivity contribution < 1.29 is 33.5 Å². The Morgan fingerprint density at radius 2 is 1.45 bits per heavy atom. The number of carbonyl (C=O) groups excluding carboxylic acids is 6. The number of rotatable bonds is 16. The molecular formula is C37H47N5O7. The second-order valence-corrected chi connectivity index (χ2v) is 13.7. The van der Waals surface area contributed by atoms with Crippen LogP contribution in [0.4, 0.5) is 4.79 Å². The van der Waals surface area contributed by atoms with Gasteiger partial charge in [-0.25, -0.2) is 4.79 Å². The molecule has 0 spiro atoms. The molecule has 12 nitrogen and oxygen atoms in total. The Morgan fingerprint density at radius 1 is 0.837 bits per heavy atom. The molecule has 2 aliphatic carbocycles. The third-order valence-corrected chi connectivity index (χ3v) is 9.32. The van der Waals surface area contributed by atoms with Crippen LogP contribution in [0.2, 0.25) is 0 Å². The number of carbonyl (C=O) groups is 6. The fourth-order valence-corrected chi connectivity index (χ4v) is 6.62. The van der Waals surface area contributed by atoms with E-state index in [1.54, 1.807) is 0 Å². The van der Waals surface area contributed by atoms with E-state index in [0.717, 1.165) is 35.1 Å². The van der Waals surface area contributed by atoms with Gasteiger partial charge in [-0.1, -0.05) is 75.7 Å². The number of ether oxygens (including phenoxy) is 1. The van der Waals surface area contributed by atoms with E-state index < -0.39 is 53.6 Å². The summed E-state index contributed by atoms with van der Waals surface area (Å²) in [6.45, 7) is 6.21. The minimum Gasteiger partial charge on any atom is -0.449 e. The topological polar surface area (TPSA) is 172 Å². The summed E-state index contributed by atoms with van der Waals surface area (Å²) in [5.74, 6) is -3.72. The molecule has 5 N–H and O–H groups in total. The maximum absolute atomic E-state index is 13.6. The highest BCUT2D eigenvalue weighted by Crippen LogP contribution is 2.44. The standard InChI is InChI=1S/C37H47N5O7/c1-4-9-29(34(45)41-30(19-22-16-17-38-33(22)44)32(43)36(47)39-23-14-15-23)40-35(46)31(18-21(2)3)42-37(48)49-20-28-26-12-7-5-10-24(26)25-11-6-8-13-27(25)28/h5-8,10-13,21-23,28-31H,4,9,14-20H2,1-3H3,(H,38,44)(H,39,47)(H,40,46)(H,41,45)(H,42,48)/t22-,29-,30-,31+/m0/s1. The maximum Gasteiger partial charge on any atom is 0.407 e. The van der Waals surface area contributed by atoms with Crippen molar-refractivity contribution in [3.8, 4) is 11.1 Å². The Balaban J connectivity index is 1.23. The second-order valence-electron chi connectivity index (χ2n) is 13.7. The summed E-state index contributed by atoms with van der Waals surface area (Å²) in [5, 5.41) is 13.5. The predicted molar refractivity (Wildman–Crippen MR) is 182 cm³/mol. The SMILES string of the molecule is CCC[C@H](NC(=O)[C@@H](CC(C)C)NC(=O)OCC1c2ccccc2-c2ccccc21)C(=O)N[C@@H](C[C@@H]1CCNC1=O)C(=O)C(=O)NC1CC1. The van der Waals surface area contributed by atoms with E-state index >= 15 is 0 Å². The van der Waals surface area contributed by atoms with Gasteiger partial charge in [0.1, 0.15) is 18.7 Å². The van der Waals surface area contributed by atoms with Gasteiger partial charge in [0.05, 0.1) is 6.04 Å². The summed E-state index contributed by atoms with van der Waals surface area (Å²) in [5.41, 5.74) is 4.33. The molecule has 0 bridgehead atoms. The van der Waals surface area contributed by atoms with Crippen molar-refractivity contribution in [2.45, 2.75) is 95.8 Å². The third kappa shape index (κ3) is 9.04. The van der Waals surface area contributed by atoms with E-state index in [4.69, 9.17) is 4.74 Å². The largest absolute Gasteiger partial charge is 0.449 e. The highest BCUT2D eigenvalue weighted by molar-refractivity contribution is 6.38. The molecular weight excluding hydrogens is 626 g/mol. The fraction of sp³-hybridized carbons (Fsp3) is 0.514. The third-order valence-electron chi connectivity index (χ3n) is 9.32. The predicted octanol–water partition coefficient (Wildman–Crippen LogP) is 3.08. The number of nitrogens with one attached hydrogen (secondary N) is 5. The van der Waals surface area contributed by atoms with Crippen molar-refractivity contribution in [3.05, 3.63) is 59.7 Å². The summed E-state index contributed by atoms with van der Waals surface area (Å²) in [6.07, 6.45) is 2.34. The van der Waals surface area contributed by atoms with E-state index in [0.29, 0.717) is 19.4 Å². The van der Waals surface area contributed by atoms with Crippen molar-refractivity contribution in [1.29, 1.82) is 0 Å². The zero-order valence-corrected chi connectivity index (χ0v) is 28.4. The molecule has 49 heavy (non-hydrogen) atoms. The zero-order valence-electron chi connectivity index (χ0n) is 28.4. The van der Waals surface area contributed by atoms with E-state index in [1.807, 2.05) is 69.3 Å². The van der Waals surface area contributed by atoms with Crippen LogP contribution in [0.1, 0.15) is 82.8 Å². The van der Waals surface area contributed by atoms with Crippen LogP contribution >= 0.6 is 0 Å². The molecule has 0 aromatic heterocycles. The first kappa shape index (κ1) is 35.6. The van der Waals surface area contributed by atoms with E-state index in [2.05, 4.69) is 26.6 Å². The van der Waals surface area contributed by atoms with Gasteiger partial charge >= 0.3 is 6.09 Å². The Bertz CT molecular complexity index is 1530. The monoisotopic (exact) mass is 673 g/mol. The number of ketones is 1. The molecule has 2 aromatic carbocycles. The van der Waals surface area contributed by atoms with Gasteiger partial charge in [-0.05, 0) is 66.7 Å². The van der Waals surface area contributed by atoms with Crippen molar-refractivity contribution in [3.63, 3.8) is 0 Å². The minimum atomic E-state index is -1.23. The molecule has 2 aromatic rings. The summed E-state index contributed by atoms with van der Waals surface area (Å²) in [4.78, 5) is 78.5. The van der Waals surface area contributed by atoms with Gasteiger partial charge in [0.2, 0.25) is 23.5 Å². The molecule has 1 heterocycles. The van der Waals surface area contributed by atoms with Gasteiger partial charge in [-0.15, -0.1) is 0 Å². The Morgan fingerprint density at radius 3 is 2.02 bits per heavy atom. The van der Waals surface area contributed by atoms with Crippen LogP contribution in [0, 0.1) is 11.8 Å². The first-order valence-corrected chi connectivity index (χ1v) is 17.4. The van der Waals surface area contributed by atoms with Crippen LogP contribution in [0.25, 0.3) is 11.1 Å². The van der Waals surface area contributed by atoms with Crippen LogP contribution in [-0.2, 0) is 28.7 Å². The molecule has 5 rings (SSSR count). The van der Waals surface area contributed by atoms with Crippen LogP contribution < -0.4 is 26.6 Å². The average molecular weight is 674 g/mol. The maximum atomic E-state index is 13.6. The van der Waals surface area contributed by atoms with Crippen LogP contribution in [0.5, 0.6) is 0 Å². The number of hydrogen-bond donors (Lipinski definition) is 5. The minimum absolute atomic E-state index is 0.0210. The number of alkyl carbamates (subject to hydrolysis) is 1. The lowest BCUT2D eigenvalue weighted by molar-refractivity contribution is -0.141. The Labute approximate surface area is 286 Å². The molecule has 1 saturated heterocycles. The number of amides is 5. The average Bonchev–Trinajstić information content (AvgIpc) is 3.72. The van der Waals surface area contributed by atoms with Crippen LogP contribution in [-0.4, -0.2) is 72.8 Å². The highest BCUT2D eigenvalue weighted by atomic mass is 16.5. The number of fused-ring (bicyclic) bond motifs is 3. The van der Waals surface area contributed by atoms with Gasteiger partial charge in [-0.2, -0.15) is 0 Å². The van der Waals surface area contributed by atoms with Crippen LogP contribution in [0.3, 0.4) is 0 Å². The number of hydrogen-bond acceptors (Lipinski definition) is 7. The van der Waals surface area contributed by atoms with E-state index in [-0.39, 0.29) is 49.7 Å². The molecule has 3 aliphatic rings. The zero-order chi connectivity index (χ0) is 35.1. The van der Waals surface area contributed by atoms with Crippen molar-refractivity contribution in [2.75, 3.05) is 13.2 Å². The van der Waals surface area contributed by atoms with Crippen molar-refractivity contribution in [2.24, 2.45) is 11.8 Å². The molecule has 262 valence electrons. The molecule has 0 unspecified atom stereocenters. The van der Waals surface area contributed by atoms with Gasteiger partial charge in [-0.3, -0.25) is 24.0 Å². The molecule has 4 atom stereocenters. The molecule has 1 aliphatic heterocycles. The molecule has 2 fully saturated rings. The van der Waals surface area contributed by atoms with Crippen LogP contribution in [0.15, 0.2) is 48.5 Å². The quantitative estimate of drug-likeness (QED) is 0.171. The summed E-state index contributed by atoms with van der Waals surface area (Å²) in [6, 6.07) is 12.7. The van der Waals surface area contributed by atoms with Crippen molar-refractivity contribution >= 4 is 35.5 Å². The normalized spacial score (nSPS) is 18.4. The number of Topliss-reactive ketones (excluding diaryl/α,β-unsaturated/α-hetero) is 1. The Kier molecular flexibility index (Phi) is 11.7. The fourth-order valence-electron chi connectivity index (χ4n) is 6.62. The lowest BCUT2D eigenvalue weighted by Crippen LogP contribution is -2.57. The highest BCUT2D eigenvalue weighted by Gasteiger charge is 2.37. The second kappa shape index (κ2) is 16.1. The van der Waals surface area contributed by atoms with Gasteiger partial charge in [0.15, 0.2) is 0 Å². The molecule has 12 heteroatoms. The smallest absolute Gasteiger partial charge is 0.407 e. The number of benzene rings is 2. The van der Waals surface area contributed by atoms with Gasteiger partial charge in [0.25, 0.3) is 5.91 Å². The van der Waals surface area contributed by atoms with E-state index in [1.165, 1.54) is 0 Å². The summed E-state index contributed by atoms with van der Waals surface area (Å²) < 4.78 is 5.69. The molecule has 5 amide bonds. The van der Waals surface area contributed by atoms with E-state index in [9.17, 15) is 28.8 Å². The van der Waals surface area contributed by atoms with Crippen molar-refractivity contribution in [1.82, 2.24) is 26.6 Å². The lowest BCUT2D eigenvalue weighted by Gasteiger charge is -2.26. The Hall–Kier alpha value is -4.74. The molecule has 1 saturated carbocycles. The summed E-state index contributed by atoms with van der Waals surface area (Å²) in [7, 11) is 0. The molecule has 0 radical (unpaired) electrons. The van der Waals surface area contributed by atoms with Gasteiger partial charge < -0.3 is 31.3 Å². The lowest BCUT2D eigenvalue weighted by atomic mass is 9.95.